The van der Waals surface area contributed by atoms with Crippen molar-refractivity contribution in [2.45, 2.75) is 25.0 Å². The summed E-state index contributed by atoms with van der Waals surface area (Å²) in [6, 6.07) is 5.68. The second kappa shape index (κ2) is 3.75. The SMILES string of the molecule is COC1CC(Oc2ccccn2)C1. The minimum atomic E-state index is 0.292. The van der Waals surface area contributed by atoms with Gasteiger partial charge in [-0.1, -0.05) is 6.07 Å². The van der Waals surface area contributed by atoms with Gasteiger partial charge in [0.2, 0.25) is 5.88 Å². The molecule has 0 N–H and O–H groups in total. The van der Waals surface area contributed by atoms with E-state index < -0.39 is 0 Å². The summed E-state index contributed by atoms with van der Waals surface area (Å²) >= 11 is 0. The molecule has 3 nitrogen and oxygen atoms in total. The summed E-state index contributed by atoms with van der Waals surface area (Å²) in [5, 5.41) is 0. The van der Waals surface area contributed by atoms with E-state index >= 15 is 0 Å². The molecule has 0 aliphatic heterocycles. The fourth-order valence-corrected chi connectivity index (χ4v) is 1.39. The molecule has 1 aliphatic carbocycles. The number of hydrogen-bond donors (Lipinski definition) is 0. The van der Waals surface area contributed by atoms with Crippen molar-refractivity contribution >= 4 is 0 Å². The Morgan fingerprint density at radius 2 is 2.15 bits per heavy atom. The smallest absolute Gasteiger partial charge is 0.213 e. The van der Waals surface area contributed by atoms with Gasteiger partial charge in [-0.15, -0.1) is 0 Å². The van der Waals surface area contributed by atoms with E-state index in [4.69, 9.17) is 9.47 Å². The number of methoxy groups -OCH3 is 1. The number of hydrogen-bond acceptors (Lipinski definition) is 3. The van der Waals surface area contributed by atoms with E-state index in [1.54, 1.807) is 13.3 Å². The van der Waals surface area contributed by atoms with Crippen LogP contribution >= 0.6 is 0 Å². The predicted octanol–water partition coefficient (Wildman–Crippen LogP) is 1.64. The Kier molecular flexibility index (Phi) is 2.45. The minimum absolute atomic E-state index is 0.292. The number of nitrogens with zero attached hydrogens (tertiary/aromatic N) is 1. The minimum Gasteiger partial charge on any atom is -0.474 e. The molecule has 0 amide bonds. The highest BCUT2D eigenvalue weighted by Gasteiger charge is 2.30. The average molecular weight is 179 g/mol. The van der Waals surface area contributed by atoms with Crippen LogP contribution in [0.4, 0.5) is 0 Å². The number of ether oxygens (including phenoxy) is 2. The zero-order valence-corrected chi connectivity index (χ0v) is 7.64. The lowest BCUT2D eigenvalue weighted by Gasteiger charge is -2.33. The first-order valence-electron chi connectivity index (χ1n) is 4.49. The molecule has 0 unspecified atom stereocenters. The van der Waals surface area contributed by atoms with Crippen molar-refractivity contribution in [2.75, 3.05) is 7.11 Å². The average Bonchev–Trinajstić information content (AvgIpc) is 2.12. The summed E-state index contributed by atoms with van der Waals surface area (Å²) in [7, 11) is 1.74. The topological polar surface area (TPSA) is 31.4 Å². The van der Waals surface area contributed by atoms with Gasteiger partial charge in [0.25, 0.3) is 0 Å². The molecule has 0 radical (unpaired) electrons. The van der Waals surface area contributed by atoms with Crippen LogP contribution in [0, 0.1) is 0 Å². The maximum absolute atomic E-state index is 5.59. The largest absolute Gasteiger partial charge is 0.474 e. The van der Waals surface area contributed by atoms with Crippen LogP contribution in [0.2, 0.25) is 0 Å². The number of rotatable bonds is 3. The Labute approximate surface area is 77.7 Å². The van der Waals surface area contributed by atoms with Crippen LogP contribution in [-0.4, -0.2) is 24.3 Å². The Morgan fingerprint density at radius 1 is 1.31 bits per heavy atom. The van der Waals surface area contributed by atoms with E-state index in [0.29, 0.717) is 18.1 Å². The van der Waals surface area contributed by atoms with Crippen LogP contribution in [0.5, 0.6) is 5.88 Å². The second-order valence-electron chi connectivity index (χ2n) is 3.24. The van der Waals surface area contributed by atoms with Crippen molar-refractivity contribution in [2.24, 2.45) is 0 Å². The van der Waals surface area contributed by atoms with Gasteiger partial charge in [-0.25, -0.2) is 4.98 Å². The van der Waals surface area contributed by atoms with Crippen LogP contribution in [-0.2, 0) is 4.74 Å². The Balaban J connectivity index is 1.81. The number of pyridine rings is 1. The molecule has 2 rings (SSSR count). The molecule has 0 bridgehead atoms. The first-order chi connectivity index (χ1) is 6.38. The van der Waals surface area contributed by atoms with E-state index in [1.807, 2.05) is 18.2 Å². The lowest BCUT2D eigenvalue weighted by atomic mass is 9.92. The van der Waals surface area contributed by atoms with Crippen molar-refractivity contribution in [3.63, 3.8) is 0 Å². The highest BCUT2D eigenvalue weighted by atomic mass is 16.5. The first-order valence-corrected chi connectivity index (χ1v) is 4.49. The summed E-state index contributed by atoms with van der Waals surface area (Å²) in [6.45, 7) is 0. The highest BCUT2D eigenvalue weighted by molar-refractivity contribution is 5.10. The van der Waals surface area contributed by atoms with Crippen LogP contribution in [0.1, 0.15) is 12.8 Å². The van der Waals surface area contributed by atoms with Crippen molar-refractivity contribution in [3.05, 3.63) is 24.4 Å². The molecule has 1 aliphatic rings. The highest BCUT2D eigenvalue weighted by Crippen LogP contribution is 2.26. The molecule has 1 aromatic heterocycles. The van der Waals surface area contributed by atoms with Crippen molar-refractivity contribution in [1.82, 2.24) is 4.98 Å². The summed E-state index contributed by atoms with van der Waals surface area (Å²) in [5.74, 6) is 0.710. The standard InChI is InChI=1S/C10H13NO2/c1-12-8-6-9(7-8)13-10-4-2-3-5-11-10/h2-5,8-9H,6-7H2,1H3. The van der Waals surface area contributed by atoms with Gasteiger partial charge in [0.15, 0.2) is 0 Å². The molecule has 70 valence electrons. The molecule has 3 heteroatoms. The van der Waals surface area contributed by atoms with Crippen LogP contribution in [0.15, 0.2) is 24.4 Å². The molecule has 1 aromatic rings. The maximum atomic E-state index is 5.59. The zero-order valence-electron chi connectivity index (χ0n) is 7.64. The molecule has 0 saturated heterocycles. The summed E-state index contributed by atoms with van der Waals surface area (Å²) in [6.07, 6.45) is 4.37. The van der Waals surface area contributed by atoms with E-state index in [0.717, 1.165) is 12.8 Å². The van der Waals surface area contributed by atoms with Gasteiger partial charge in [0, 0.05) is 32.2 Å². The van der Waals surface area contributed by atoms with E-state index in [9.17, 15) is 0 Å². The third-order valence-corrected chi connectivity index (χ3v) is 2.31. The van der Waals surface area contributed by atoms with E-state index in [2.05, 4.69) is 4.98 Å². The van der Waals surface area contributed by atoms with Gasteiger partial charge >= 0.3 is 0 Å². The lowest BCUT2D eigenvalue weighted by Crippen LogP contribution is -2.38. The van der Waals surface area contributed by atoms with Crippen LogP contribution in [0.3, 0.4) is 0 Å². The molecule has 1 saturated carbocycles. The van der Waals surface area contributed by atoms with Crippen molar-refractivity contribution in [1.29, 1.82) is 0 Å². The lowest BCUT2D eigenvalue weighted by molar-refractivity contribution is -0.0396. The molecule has 0 spiro atoms. The molecule has 13 heavy (non-hydrogen) atoms. The maximum Gasteiger partial charge on any atom is 0.213 e. The van der Waals surface area contributed by atoms with Gasteiger partial charge in [0.05, 0.1) is 6.10 Å². The predicted molar refractivity (Wildman–Crippen MR) is 48.7 cm³/mol. The van der Waals surface area contributed by atoms with E-state index in [-0.39, 0.29) is 0 Å². The molecule has 1 fully saturated rings. The third kappa shape index (κ3) is 1.98. The van der Waals surface area contributed by atoms with Crippen LogP contribution in [0.25, 0.3) is 0 Å². The molecule has 1 heterocycles. The van der Waals surface area contributed by atoms with Gasteiger partial charge in [-0.2, -0.15) is 0 Å². The van der Waals surface area contributed by atoms with Gasteiger partial charge in [0.1, 0.15) is 6.10 Å². The summed E-state index contributed by atoms with van der Waals surface area (Å²) < 4.78 is 10.7. The monoisotopic (exact) mass is 179 g/mol. The third-order valence-electron chi connectivity index (χ3n) is 2.31. The quantitative estimate of drug-likeness (QED) is 0.706. The fourth-order valence-electron chi connectivity index (χ4n) is 1.39. The fraction of sp³-hybridized carbons (Fsp3) is 0.500. The Morgan fingerprint density at radius 3 is 2.77 bits per heavy atom. The van der Waals surface area contributed by atoms with Crippen LogP contribution < -0.4 is 4.74 Å². The molecular formula is C10H13NO2. The molecule has 0 atom stereocenters. The second-order valence-corrected chi connectivity index (χ2v) is 3.24. The van der Waals surface area contributed by atoms with Gasteiger partial charge in [-0.3, -0.25) is 0 Å². The molecule has 0 aromatic carbocycles. The van der Waals surface area contributed by atoms with Crippen molar-refractivity contribution < 1.29 is 9.47 Å². The summed E-state index contributed by atoms with van der Waals surface area (Å²) in [5.41, 5.74) is 0. The normalized spacial score (nSPS) is 26.5. The Hall–Kier alpha value is -1.09. The molecular weight excluding hydrogens is 166 g/mol. The van der Waals surface area contributed by atoms with Gasteiger partial charge < -0.3 is 9.47 Å². The van der Waals surface area contributed by atoms with Gasteiger partial charge in [-0.05, 0) is 6.07 Å². The van der Waals surface area contributed by atoms with E-state index in [1.165, 1.54) is 0 Å². The van der Waals surface area contributed by atoms with Crippen molar-refractivity contribution in [3.8, 4) is 5.88 Å². The zero-order chi connectivity index (χ0) is 9.10. The number of aromatic nitrogens is 1. The Bertz CT molecular complexity index is 257. The first kappa shape index (κ1) is 8.51. The summed E-state index contributed by atoms with van der Waals surface area (Å²) in [4.78, 5) is 4.09.